The van der Waals surface area contributed by atoms with Gasteiger partial charge in [-0.15, -0.1) is 0 Å². The number of likely N-dealkylation sites (tertiary alicyclic amines) is 1. The van der Waals surface area contributed by atoms with Crippen molar-refractivity contribution in [3.63, 3.8) is 0 Å². The van der Waals surface area contributed by atoms with Crippen LogP contribution in [0, 0.1) is 0 Å². The highest BCUT2D eigenvalue weighted by Crippen LogP contribution is 2.29. The summed E-state index contributed by atoms with van der Waals surface area (Å²) < 4.78 is 5.33. The highest BCUT2D eigenvalue weighted by molar-refractivity contribution is 5.67. The van der Waals surface area contributed by atoms with Gasteiger partial charge in [0.25, 0.3) is 0 Å². The van der Waals surface area contributed by atoms with Crippen LogP contribution in [0.2, 0.25) is 0 Å². The van der Waals surface area contributed by atoms with Gasteiger partial charge in [-0.05, 0) is 40.0 Å². The van der Waals surface area contributed by atoms with Crippen molar-refractivity contribution in [1.29, 1.82) is 0 Å². The number of carbonyl (C=O) groups excluding carboxylic acids is 1. The van der Waals surface area contributed by atoms with E-state index in [2.05, 4.69) is 10.2 Å². The third-order valence-corrected chi connectivity index (χ3v) is 3.87. The first-order valence-electron chi connectivity index (χ1n) is 7.77. The maximum absolute atomic E-state index is 11.8. The van der Waals surface area contributed by atoms with Gasteiger partial charge in [0.2, 0.25) is 0 Å². The van der Waals surface area contributed by atoms with Crippen molar-refractivity contribution in [2.45, 2.75) is 57.7 Å². The second-order valence-corrected chi connectivity index (χ2v) is 7.07. The molecule has 2 rings (SSSR count). The van der Waals surface area contributed by atoms with Crippen LogP contribution in [0.25, 0.3) is 0 Å². The van der Waals surface area contributed by atoms with E-state index in [1.54, 1.807) is 11.9 Å². The summed E-state index contributed by atoms with van der Waals surface area (Å²) in [7, 11) is 1.79. The predicted molar refractivity (Wildman–Crippen MR) is 79.9 cm³/mol. The molecule has 5 heteroatoms. The van der Waals surface area contributed by atoms with Gasteiger partial charge in [0.1, 0.15) is 5.60 Å². The van der Waals surface area contributed by atoms with E-state index in [4.69, 9.17) is 4.74 Å². The van der Waals surface area contributed by atoms with Gasteiger partial charge in [-0.1, -0.05) is 0 Å². The molecule has 1 N–H and O–H groups in total. The Hall–Kier alpha value is -0.810. The van der Waals surface area contributed by atoms with E-state index in [0.717, 1.165) is 12.6 Å². The van der Waals surface area contributed by atoms with Gasteiger partial charge < -0.3 is 15.0 Å². The molecule has 20 heavy (non-hydrogen) atoms. The second-order valence-electron chi connectivity index (χ2n) is 7.07. The predicted octanol–water partition coefficient (Wildman–Crippen LogP) is 1.68. The average molecular weight is 283 g/mol. The highest BCUT2D eigenvalue weighted by Gasteiger charge is 2.34. The first-order valence-corrected chi connectivity index (χ1v) is 7.77. The quantitative estimate of drug-likeness (QED) is 0.834. The van der Waals surface area contributed by atoms with Gasteiger partial charge in [0.05, 0.1) is 0 Å². The molecule has 1 saturated carbocycles. The smallest absolute Gasteiger partial charge is 0.410 e. The lowest BCUT2D eigenvalue weighted by Crippen LogP contribution is -2.41. The lowest BCUT2D eigenvalue weighted by atomic mass is 10.2. The van der Waals surface area contributed by atoms with Gasteiger partial charge in [-0.25, -0.2) is 4.79 Å². The molecule has 2 aliphatic rings. The van der Waals surface area contributed by atoms with E-state index in [1.807, 2.05) is 20.8 Å². The third kappa shape index (κ3) is 4.94. The minimum Gasteiger partial charge on any atom is -0.444 e. The Morgan fingerprint density at radius 3 is 2.65 bits per heavy atom. The summed E-state index contributed by atoms with van der Waals surface area (Å²) in [6.45, 7) is 9.59. The van der Waals surface area contributed by atoms with Crippen molar-refractivity contribution in [1.82, 2.24) is 15.1 Å². The number of carbonyl (C=O) groups is 1. The van der Waals surface area contributed by atoms with Crippen LogP contribution in [-0.4, -0.2) is 66.8 Å². The molecule has 1 unspecified atom stereocenters. The van der Waals surface area contributed by atoms with Crippen molar-refractivity contribution >= 4 is 6.09 Å². The number of likely N-dealkylation sites (N-methyl/N-ethyl adjacent to an activating group) is 1. The molecular weight excluding hydrogens is 254 g/mol. The molecule has 0 radical (unpaired) electrons. The van der Waals surface area contributed by atoms with Gasteiger partial charge in [-0.2, -0.15) is 0 Å². The summed E-state index contributed by atoms with van der Waals surface area (Å²) in [4.78, 5) is 16.0. The fourth-order valence-electron chi connectivity index (χ4n) is 2.59. The van der Waals surface area contributed by atoms with E-state index in [9.17, 15) is 4.79 Å². The van der Waals surface area contributed by atoms with E-state index < -0.39 is 5.60 Å². The van der Waals surface area contributed by atoms with Crippen LogP contribution >= 0.6 is 0 Å². The molecular formula is C15H29N3O2. The average Bonchev–Trinajstić information content (AvgIpc) is 3.08. The van der Waals surface area contributed by atoms with Crippen molar-refractivity contribution < 1.29 is 9.53 Å². The molecule has 0 aromatic rings. The van der Waals surface area contributed by atoms with Gasteiger partial charge in [-0.3, -0.25) is 4.90 Å². The fraction of sp³-hybridized carbons (Fsp3) is 0.933. The van der Waals surface area contributed by atoms with Crippen LogP contribution in [-0.2, 0) is 4.74 Å². The number of hydrogen-bond acceptors (Lipinski definition) is 4. The molecule has 0 spiro atoms. The van der Waals surface area contributed by atoms with Crippen molar-refractivity contribution in [2.24, 2.45) is 0 Å². The summed E-state index contributed by atoms with van der Waals surface area (Å²) in [6.07, 6.45) is 3.75. The molecule has 2 fully saturated rings. The normalized spacial score (nSPS) is 23.9. The SMILES string of the molecule is CN(CCNC1CCN(C2CC2)C1)C(=O)OC(C)(C)C. The Labute approximate surface area is 122 Å². The molecule has 116 valence electrons. The number of hydrogen-bond donors (Lipinski definition) is 1. The van der Waals surface area contributed by atoms with E-state index in [-0.39, 0.29) is 6.09 Å². The standard InChI is InChI=1S/C15H29N3O2/c1-15(2,3)20-14(19)17(4)10-8-16-12-7-9-18(11-12)13-5-6-13/h12-13,16H,5-11H2,1-4H3. The number of nitrogens with zero attached hydrogens (tertiary/aromatic N) is 2. The van der Waals surface area contributed by atoms with E-state index in [1.165, 1.54) is 32.4 Å². The molecule has 1 atom stereocenters. The minimum atomic E-state index is -0.422. The van der Waals surface area contributed by atoms with Gasteiger partial charge in [0.15, 0.2) is 0 Å². The maximum Gasteiger partial charge on any atom is 0.410 e. The summed E-state index contributed by atoms with van der Waals surface area (Å²) in [5.74, 6) is 0. The number of nitrogens with one attached hydrogen (secondary N) is 1. The zero-order valence-electron chi connectivity index (χ0n) is 13.3. The second kappa shape index (κ2) is 6.31. The summed E-state index contributed by atoms with van der Waals surface area (Å²) >= 11 is 0. The molecule has 1 saturated heterocycles. The molecule has 5 nitrogen and oxygen atoms in total. The molecule has 0 bridgehead atoms. The topological polar surface area (TPSA) is 44.8 Å². The Morgan fingerprint density at radius 1 is 1.35 bits per heavy atom. The van der Waals surface area contributed by atoms with E-state index >= 15 is 0 Å². The molecule has 1 aliphatic heterocycles. The largest absolute Gasteiger partial charge is 0.444 e. The summed E-state index contributed by atoms with van der Waals surface area (Å²) in [6, 6.07) is 1.45. The van der Waals surface area contributed by atoms with Crippen LogP contribution < -0.4 is 5.32 Å². The zero-order valence-corrected chi connectivity index (χ0v) is 13.3. The van der Waals surface area contributed by atoms with Crippen molar-refractivity contribution in [3.05, 3.63) is 0 Å². The van der Waals surface area contributed by atoms with Crippen molar-refractivity contribution in [3.8, 4) is 0 Å². The highest BCUT2D eigenvalue weighted by atomic mass is 16.6. The van der Waals surface area contributed by atoms with Crippen molar-refractivity contribution in [2.75, 3.05) is 33.2 Å². The first kappa shape index (κ1) is 15.6. The summed E-state index contributed by atoms with van der Waals surface area (Å²) in [5, 5.41) is 3.55. The van der Waals surface area contributed by atoms with E-state index in [0.29, 0.717) is 12.6 Å². The Kier molecular flexibility index (Phi) is 4.91. The summed E-state index contributed by atoms with van der Waals surface area (Å²) in [5.41, 5.74) is -0.422. The lowest BCUT2D eigenvalue weighted by molar-refractivity contribution is 0.0299. The lowest BCUT2D eigenvalue weighted by Gasteiger charge is -2.25. The molecule has 0 aromatic heterocycles. The van der Waals surface area contributed by atoms with Gasteiger partial charge >= 0.3 is 6.09 Å². The number of amides is 1. The van der Waals surface area contributed by atoms with Gasteiger partial charge in [0, 0.05) is 45.3 Å². The Balaban J connectivity index is 1.59. The van der Waals surface area contributed by atoms with Crippen LogP contribution in [0.5, 0.6) is 0 Å². The van der Waals surface area contributed by atoms with Crippen LogP contribution in [0.3, 0.4) is 0 Å². The number of rotatable bonds is 5. The zero-order chi connectivity index (χ0) is 14.8. The van der Waals surface area contributed by atoms with Crippen LogP contribution in [0.4, 0.5) is 4.79 Å². The maximum atomic E-state index is 11.8. The van der Waals surface area contributed by atoms with Crippen LogP contribution in [0.15, 0.2) is 0 Å². The van der Waals surface area contributed by atoms with Crippen LogP contribution in [0.1, 0.15) is 40.0 Å². The monoisotopic (exact) mass is 283 g/mol. The third-order valence-electron chi connectivity index (χ3n) is 3.87. The molecule has 1 aliphatic carbocycles. The Bertz CT molecular complexity index is 337. The Morgan fingerprint density at radius 2 is 2.05 bits per heavy atom. The molecule has 1 amide bonds. The fourth-order valence-corrected chi connectivity index (χ4v) is 2.59. The molecule has 0 aromatic carbocycles. The molecule has 1 heterocycles. The minimum absolute atomic E-state index is 0.245. The number of ether oxygens (including phenoxy) is 1. The first-order chi connectivity index (χ1) is 9.35.